The topological polar surface area (TPSA) is 199 Å². The lowest BCUT2D eigenvalue weighted by Crippen LogP contribution is -2.63. The largest absolute Gasteiger partial charge is 0.388 e. The van der Waals surface area contributed by atoms with E-state index < -0.39 is 117 Å². The molecule has 0 aromatic heterocycles. The summed E-state index contributed by atoms with van der Waals surface area (Å²) < 4.78 is 98.6. The Bertz CT molecular complexity index is 3920. The van der Waals surface area contributed by atoms with Crippen LogP contribution in [0, 0.1) is 11.8 Å². The van der Waals surface area contributed by atoms with Gasteiger partial charge in [0.25, 0.3) is 0 Å². The SMILES string of the molecule is CCC1O[C@H](O[C@H]2OC(COCc3ccccc3)[C@@H](O)C(OCc3ccccc3)C2C)C(OCc2ccccc2)[C@@H](OCc2ccccc2)[C@@H]1O.CCC1O[C@H](O[C@H]2OC(COCc3ccccc3)[C@@H](OCc3ccccc3)C(OCc3ccccc3)C2C)C(OCc2ccccc2)[C@@H](OCc2ccccc2)[C@@H]1O. The molecule has 4 saturated heterocycles. The molecule has 0 saturated carbocycles. The van der Waals surface area contributed by atoms with Gasteiger partial charge in [0.1, 0.15) is 61.0 Å². The van der Waals surface area contributed by atoms with E-state index in [9.17, 15) is 15.3 Å². The van der Waals surface area contributed by atoms with Crippen molar-refractivity contribution in [1.82, 2.24) is 0 Å². The van der Waals surface area contributed by atoms with Crippen molar-refractivity contribution in [2.75, 3.05) is 13.2 Å². The number of benzene rings is 9. The summed E-state index contributed by atoms with van der Waals surface area (Å²) in [6, 6.07) is 89.4. The monoisotopic (exact) mass is 1490 g/mol. The second-order valence-electron chi connectivity index (χ2n) is 28.3. The number of hydrogen-bond donors (Lipinski definition) is 3. The molecule has 0 spiro atoms. The van der Waals surface area contributed by atoms with E-state index in [0.29, 0.717) is 45.9 Å². The lowest BCUT2D eigenvalue weighted by Gasteiger charge is -2.49. The first-order chi connectivity index (χ1) is 53.5. The maximum absolute atomic E-state index is 11.7. The highest BCUT2D eigenvalue weighted by atomic mass is 16.8. The zero-order valence-corrected chi connectivity index (χ0v) is 62.7. The molecule has 18 heteroatoms. The van der Waals surface area contributed by atoms with Crippen LogP contribution in [0.3, 0.4) is 0 Å². The fourth-order valence-electron chi connectivity index (χ4n) is 14.2. The summed E-state index contributed by atoms with van der Waals surface area (Å²) in [6.07, 6.45) is -12.7. The van der Waals surface area contributed by atoms with Crippen LogP contribution in [0.5, 0.6) is 0 Å². The lowest BCUT2D eigenvalue weighted by molar-refractivity contribution is -0.380. The molecule has 4 aliphatic rings. The highest BCUT2D eigenvalue weighted by Gasteiger charge is 2.54. The molecule has 0 aliphatic carbocycles. The van der Waals surface area contributed by atoms with Crippen LogP contribution >= 0.6 is 0 Å². The van der Waals surface area contributed by atoms with E-state index in [4.69, 9.17) is 71.1 Å². The van der Waals surface area contributed by atoms with Crippen molar-refractivity contribution >= 4 is 0 Å². The van der Waals surface area contributed by atoms with Crippen molar-refractivity contribution in [1.29, 1.82) is 0 Å². The van der Waals surface area contributed by atoms with Crippen molar-refractivity contribution in [3.63, 3.8) is 0 Å². The minimum absolute atomic E-state index is 0.117. The van der Waals surface area contributed by atoms with E-state index in [2.05, 4.69) is 19.1 Å². The Morgan fingerprint density at radius 2 is 0.459 bits per heavy atom. The van der Waals surface area contributed by atoms with E-state index in [-0.39, 0.29) is 45.6 Å². The van der Waals surface area contributed by atoms with Crippen molar-refractivity contribution in [3.05, 3.63) is 323 Å². The molecule has 0 radical (unpaired) electrons. The first-order valence-electron chi connectivity index (χ1n) is 38.3. The van der Waals surface area contributed by atoms with Gasteiger partial charge in [-0.3, -0.25) is 0 Å². The third-order valence-electron chi connectivity index (χ3n) is 20.3. The van der Waals surface area contributed by atoms with Crippen LogP contribution in [-0.2, 0) is 131 Å². The highest BCUT2D eigenvalue weighted by Crippen LogP contribution is 2.39. The van der Waals surface area contributed by atoms with Crippen molar-refractivity contribution in [3.8, 4) is 0 Å². The molecule has 4 fully saturated rings. The predicted molar refractivity (Wildman–Crippen MR) is 411 cm³/mol. The quantitative estimate of drug-likeness (QED) is 0.0338. The molecular formula is C91H106O18. The Hall–Kier alpha value is -7.74. The third kappa shape index (κ3) is 23.4. The van der Waals surface area contributed by atoms with E-state index in [1.54, 1.807) is 0 Å². The van der Waals surface area contributed by atoms with Crippen LogP contribution in [0.15, 0.2) is 273 Å². The zero-order valence-electron chi connectivity index (χ0n) is 62.7. The summed E-state index contributed by atoms with van der Waals surface area (Å²) in [5.41, 5.74) is 9.02. The fraction of sp³-hybridized carbons (Fsp3) is 0.407. The molecule has 9 aromatic carbocycles. The molecule has 20 atom stereocenters. The molecule has 4 heterocycles. The molecular weight excluding hydrogens is 1380 g/mol. The summed E-state index contributed by atoms with van der Waals surface area (Å²) in [4.78, 5) is 0. The van der Waals surface area contributed by atoms with Gasteiger partial charge in [0, 0.05) is 11.8 Å². The normalized spacial score (nSPS) is 28.3. The molecule has 9 aromatic rings. The molecule has 10 unspecified atom stereocenters. The van der Waals surface area contributed by atoms with Gasteiger partial charge in [-0.05, 0) is 62.9 Å². The standard InChI is InChI=1S/C49H56O9.C42H50O9/c1-3-41-43(50)46(54-32-39-25-15-7-16-26-39)47(55-33-40-27-17-8-18-28-40)49(56-41)58-48-35(2)44(52-30-37-21-11-5-12-22-37)45(53-31-38-23-13-6-14-24-38)42(57-48)34-51-29-36-19-9-4-10-20-36;1-3-34-36(43)39(47-26-32-20-12-6-13-21-32)40(48-27-33-22-14-7-15-23-33)42(49-34)51-41-29(2)38(46-25-31-18-10-5-11-19-31)37(44)35(50-41)28-45-24-30-16-8-4-9-17-30/h4-28,35,41-50H,3,29-34H2,1-2H3;4-23,29,34-44H,3,24-28H2,1-2H3/t35?,41?,42?,43-,44?,45-,46+,47?,48-,49-;29?,34?,35?,36-,37-,38?,39+,40?,41-,42-/m11/s1. The molecule has 13 rings (SSSR count). The molecule has 109 heavy (non-hydrogen) atoms. The minimum atomic E-state index is -0.982. The maximum Gasteiger partial charge on any atom is 0.189 e. The van der Waals surface area contributed by atoms with Crippen molar-refractivity contribution in [2.45, 2.75) is 211 Å². The van der Waals surface area contributed by atoms with E-state index in [0.717, 1.165) is 50.1 Å². The third-order valence-corrected chi connectivity index (χ3v) is 20.3. The predicted octanol–water partition coefficient (Wildman–Crippen LogP) is 14.6. The highest BCUT2D eigenvalue weighted by molar-refractivity contribution is 5.21. The Balaban J connectivity index is 0.000000205. The van der Waals surface area contributed by atoms with Crippen LogP contribution < -0.4 is 0 Å². The summed E-state index contributed by atoms with van der Waals surface area (Å²) in [5, 5.41) is 34.9. The molecule has 0 bridgehead atoms. The first kappa shape index (κ1) is 80.8. The summed E-state index contributed by atoms with van der Waals surface area (Å²) in [6.45, 7) is 11.1. The smallest absolute Gasteiger partial charge is 0.189 e. The Labute approximate surface area is 641 Å². The number of rotatable bonds is 35. The van der Waals surface area contributed by atoms with E-state index in [1.807, 2.05) is 282 Å². The Morgan fingerprint density at radius 1 is 0.239 bits per heavy atom. The van der Waals surface area contributed by atoms with Gasteiger partial charge in [0.05, 0.1) is 97.1 Å². The average Bonchev–Trinajstić information content (AvgIpc) is 0.786. The van der Waals surface area contributed by atoms with Crippen LogP contribution in [0.25, 0.3) is 0 Å². The van der Waals surface area contributed by atoms with Crippen molar-refractivity contribution in [2.24, 2.45) is 11.8 Å². The van der Waals surface area contributed by atoms with Gasteiger partial charge in [0.2, 0.25) is 0 Å². The minimum Gasteiger partial charge on any atom is -0.388 e. The summed E-state index contributed by atoms with van der Waals surface area (Å²) in [7, 11) is 0. The zero-order chi connectivity index (χ0) is 75.4. The first-order valence-corrected chi connectivity index (χ1v) is 38.3. The fourth-order valence-corrected chi connectivity index (χ4v) is 14.2. The van der Waals surface area contributed by atoms with Gasteiger partial charge >= 0.3 is 0 Å². The van der Waals surface area contributed by atoms with Gasteiger partial charge in [-0.1, -0.05) is 301 Å². The molecule has 0 amide bonds. The van der Waals surface area contributed by atoms with Crippen molar-refractivity contribution < 1.29 is 86.4 Å². The number of aliphatic hydroxyl groups is 3. The van der Waals surface area contributed by atoms with E-state index in [1.165, 1.54) is 0 Å². The van der Waals surface area contributed by atoms with Crippen LogP contribution in [0.1, 0.15) is 90.6 Å². The maximum atomic E-state index is 11.7. The Kier molecular flexibility index (Phi) is 31.6. The Morgan fingerprint density at radius 3 is 0.761 bits per heavy atom. The second kappa shape index (κ2) is 42.6. The van der Waals surface area contributed by atoms with Gasteiger partial charge in [-0.15, -0.1) is 0 Å². The molecule has 18 nitrogen and oxygen atoms in total. The van der Waals surface area contributed by atoms with Gasteiger partial charge in [0.15, 0.2) is 25.2 Å². The van der Waals surface area contributed by atoms with Crippen LogP contribution in [0.4, 0.5) is 0 Å². The summed E-state index contributed by atoms with van der Waals surface area (Å²) in [5.74, 6) is -0.744. The summed E-state index contributed by atoms with van der Waals surface area (Å²) >= 11 is 0. The van der Waals surface area contributed by atoms with Crippen LogP contribution in [-0.4, -0.2) is 139 Å². The van der Waals surface area contributed by atoms with Crippen LogP contribution in [0.2, 0.25) is 0 Å². The van der Waals surface area contributed by atoms with Gasteiger partial charge in [-0.25, -0.2) is 0 Å². The number of aliphatic hydroxyl groups excluding tert-OH is 3. The second-order valence-corrected chi connectivity index (χ2v) is 28.3. The van der Waals surface area contributed by atoms with Gasteiger partial charge < -0.3 is 86.4 Å². The van der Waals surface area contributed by atoms with Gasteiger partial charge in [-0.2, -0.15) is 0 Å². The average molecular weight is 1490 g/mol. The lowest BCUT2D eigenvalue weighted by atomic mass is 9.91. The molecule has 4 aliphatic heterocycles. The van der Waals surface area contributed by atoms with E-state index >= 15 is 0 Å². The number of hydrogen-bond acceptors (Lipinski definition) is 18. The number of ether oxygens (including phenoxy) is 15. The molecule has 3 N–H and O–H groups in total. The molecule has 578 valence electrons.